The van der Waals surface area contributed by atoms with Crippen LogP contribution in [0.1, 0.15) is 20.3 Å². The molecule has 0 amide bonds. The molecule has 0 bridgehead atoms. The van der Waals surface area contributed by atoms with E-state index in [9.17, 15) is 4.79 Å². The molecule has 0 aliphatic heterocycles. The van der Waals surface area contributed by atoms with Crippen LogP contribution < -0.4 is 0 Å². The molecule has 2 nitrogen and oxygen atoms in total. The molecule has 1 radical (unpaired) electrons. The van der Waals surface area contributed by atoms with Crippen molar-refractivity contribution in [1.82, 2.24) is 0 Å². The predicted octanol–water partition coefficient (Wildman–Crippen LogP) is 1.43. The second-order valence-corrected chi connectivity index (χ2v) is 1.67. The monoisotopic (exact) mass is 127 g/mol. The number of carbonyl (C=O) groups excluding carboxylic acids is 1. The van der Waals surface area contributed by atoms with Crippen molar-refractivity contribution in [1.29, 1.82) is 0 Å². The lowest BCUT2D eigenvalue weighted by molar-refractivity contribution is 0.303. The molecule has 0 aliphatic rings. The third-order valence-electron chi connectivity index (χ3n) is 1.18. The lowest BCUT2D eigenvalue weighted by Gasteiger charge is -1.98. The van der Waals surface area contributed by atoms with Gasteiger partial charge >= 0.3 is 6.47 Å². The Bertz CT molecular complexity index is 105. The number of allylic oxidation sites excluding steroid dienone is 1. The van der Waals surface area contributed by atoms with Crippen molar-refractivity contribution in [3.63, 3.8) is 0 Å². The Labute approximate surface area is 55.5 Å². The molecule has 9 heavy (non-hydrogen) atoms. The van der Waals surface area contributed by atoms with Gasteiger partial charge < -0.3 is 4.74 Å². The highest BCUT2D eigenvalue weighted by molar-refractivity contribution is 5.38. The van der Waals surface area contributed by atoms with Crippen LogP contribution in [-0.4, -0.2) is 13.1 Å². The predicted molar refractivity (Wildman–Crippen MR) is 35.7 cm³/mol. The van der Waals surface area contributed by atoms with Gasteiger partial charge in [0.05, 0.1) is 0 Å². The van der Waals surface area contributed by atoms with E-state index in [-0.39, 0.29) is 0 Å². The third kappa shape index (κ3) is 3.76. The zero-order chi connectivity index (χ0) is 7.11. The SMILES string of the molecule is C/C=C(\CC)CO[C]=O. The van der Waals surface area contributed by atoms with Gasteiger partial charge in [-0.05, 0) is 18.9 Å². The van der Waals surface area contributed by atoms with Crippen LogP contribution >= 0.6 is 0 Å². The normalized spacial score (nSPS) is 11.1. The van der Waals surface area contributed by atoms with Gasteiger partial charge in [-0.15, -0.1) is 0 Å². The zero-order valence-electron chi connectivity index (χ0n) is 5.81. The molecule has 0 heterocycles. The highest BCUT2D eigenvalue weighted by atomic mass is 16.5. The smallest absolute Gasteiger partial charge is 0.417 e. The lowest BCUT2D eigenvalue weighted by atomic mass is 10.2. The van der Waals surface area contributed by atoms with Crippen molar-refractivity contribution in [3.05, 3.63) is 11.6 Å². The van der Waals surface area contributed by atoms with Crippen LogP contribution in [0, 0.1) is 0 Å². The second kappa shape index (κ2) is 5.35. The molecule has 51 valence electrons. The van der Waals surface area contributed by atoms with E-state index < -0.39 is 0 Å². The van der Waals surface area contributed by atoms with Crippen molar-refractivity contribution in [3.8, 4) is 0 Å². The molecule has 0 aromatic rings. The first kappa shape index (κ1) is 8.21. The number of hydrogen-bond donors (Lipinski definition) is 0. The summed E-state index contributed by atoms with van der Waals surface area (Å²) in [6, 6.07) is 0. The lowest BCUT2D eigenvalue weighted by Crippen LogP contribution is -1.94. The molecule has 0 aliphatic carbocycles. The summed E-state index contributed by atoms with van der Waals surface area (Å²) in [5.41, 5.74) is 1.12. The average Bonchev–Trinajstić information content (AvgIpc) is 1.91. The first-order valence-electron chi connectivity index (χ1n) is 2.98. The molecule has 0 aromatic carbocycles. The van der Waals surface area contributed by atoms with Crippen LogP contribution in [0.4, 0.5) is 0 Å². The molecule has 2 heteroatoms. The van der Waals surface area contributed by atoms with Crippen LogP contribution in [-0.2, 0) is 9.53 Å². The topological polar surface area (TPSA) is 26.3 Å². The summed E-state index contributed by atoms with van der Waals surface area (Å²) in [6.07, 6.45) is 2.87. The molecule has 0 saturated heterocycles. The maximum absolute atomic E-state index is 9.57. The van der Waals surface area contributed by atoms with Crippen LogP contribution in [0.2, 0.25) is 0 Å². The van der Waals surface area contributed by atoms with Gasteiger partial charge in [-0.2, -0.15) is 0 Å². The summed E-state index contributed by atoms with van der Waals surface area (Å²) in [7, 11) is 0. The fourth-order valence-corrected chi connectivity index (χ4v) is 0.512. The van der Waals surface area contributed by atoms with Gasteiger partial charge in [0, 0.05) is 0 Å². The molecular formula is C7H11O2. The molecule has 0 atom stereocenters. The molecule has 0 rings (SSSR count). The number of rotatable bonds is 4. The molecule has 0 aromatic heterocycles. The minimum absolute atomic E-state index is 0.385. The van der Waals surface area contributed by atoms with E-state index in [0.717, 1.165) is 12.0 Å². The first-order chi connectivity index (χ1) is 4.35. The number of ether oxygens (including phenoxy) is 1. The zero-order valence-corrected chi connectivity index (χ0v) is 5.81. The van der Waals surface area contributed by atoms with Gasteiger partial charge in [-0.25, -0.2) is 4.79 Å². The summed E-state index contributed by atoms with van der Waals surface area (Å²) in [5.74, 6) is 0. The summed E-state index contributed by atoms with van der Waals surface area (Å²) in [5, 5.41) is 0. The van der Waals surface area contributed by atoms with E-state index in [1.54, 1.807) is 0 Å². The fourth-order valence-electron chi connectivity index (χ4n) is 0.512. The maximum Gasteiger partial charge on any atom is 0.417 e. The quantitative estimate of drug-likeness (QED) is 0.534. The second-order valence-electron chi connectivity index (χ2n) is 1.67. The Morgan fingerprint density at radius 1 is 1.78 bits per heavy atom. The Morgan fingerprint density at radius 3 is 2.78 bits per heavy atom. The molecular weight excluding hydrogens is 116 g/mol. The fraction of sp³-hybridized carbons (Fsp3) is 0.571. The van der Waals surface area contributed by atoms with Crippen molar-refractivity contribution in [2.45, 2.75) is 20.3 Å². The molecule has 0 N–H and O–H groups in total. The summed E-state index contributed by atoms with van der Waals surface area (Å²) >= 11 is 0. The Kier molecular flexibility index (Phi) is 4.88. The maximum atomic E-state index is 9.57. The van der Waals surface area contributed by atoms with Crippen molar-refractivity contribution in [2.75, 3.05) is 6.61 Å². The van der Waals surface area contributed by atoms with E-state index in [1.807, 2.05) is 19.9 Å². The minimum atomic E-state index is 0.385. The van der Waals surface area contributed by atoms with Gasteiger partial charge in [0.15, 0.2) is 0 Å². The van der Waals surface area contributed by atoms with E-state index in [0.29, 0.717) is 6.61 Å². The largest absolute Gasteiger partial charge is 0.453 e. The van der Waals surface area contributed by atoms with Crippen LogP contribution in [0.15, 0.2) is 11.6 Å². The Morgan fingerprint density at radius 2 is 2.44 bits per heavy atom. The van der Waals surface area contributed by atoms with E-state index in [4.69, 9.17) is 0 Å². The van der Waals surface area contributed by atoms with Crippen LogP contribution in [0.25, 0.3) is 0 Å². The Hall–Kier alpha value is -0.790. The minimum Gasteiger partial charge on any atom is -0.453 e. The summed E-state index contributed by atoms with van der Waals surface area (Å²) < 4.78 is 4.40. The van der Waals surface area contributed by atoms with Crippen molar-refractivity contribution < 1.29 is 9.53 Å². The van der Waals surface area contributed by atoms with Crippen molar-refractivity contribution in [2.24, 2.45) is 0 Å². The van der Waals surface area contributed by atoms with Gasteiger partial charge in [0.25, 0.3) is 0 Å². The molecule has 0 saturated carbocycles. The van der Waals surface area contributed by atoms with Gasteiger partial charge in [-0.3, -0.25) is 0 Å². The highest BCUT2D eigenvalue weighted by Crippen LogP contribution is 1.98. The van der Waals surface area contributed by atoms with E-state index in [2.05, 4.69) is 4.74 Å². The summed E-state index contributed by atoms with van der Waals surface area (Å²) in [6.45, 7) is 5.70. The van der Waals surface area contributed by atoms with Gasteiger partial charge in [0.1, 0.15) is 6.61 Å². The van der Waals surface area contributed by atoms with E-state index in [1.165, 1.54) is 6.47 Å². The van der Waals surface area contributed by atoms with E-state index >= 15 is 0 Å². The average molecular weight is 127 g/mol. The highest BCUT2D eigenvalue weighted by Gasteiger charge is 1.90. The van der Waals surface area contributed by atoms with Crippen molar-refractivity contribution >= 4 is 6.47 Å². The summed E-state index contributed by atoms with van der Waals surface area (Å²) in [4.78, 5) is 9.57. The Balaban J connectivity index is 3.44. The standard InChI is InChI=1S/C7H11O2/c1-3-7(4-2)5-9-6-8/h3H,4-5H2,1-2H3/b7-3+. The van der Waals surface area contributed by atoms with Gasteiger partial charge in [0.2, 0.25) is 0 Å². The van der Waals surface area contributed by atoms with Crippen LogP contribution in [0.5, 0.6) is 0 Å². The molecule has 0 spiro atoms. The number of hydrogen-bond acceptors (Lipinski definition) is 2. The molecule has 0 unspecified atom stereocenters. The third-order valence-corrected chi connectivity index (χ3v) is 1.18. The van der Waals surface area contributed by atoms with Crippen LogP contribution in [0.3, 0.4) is 0 Å². The van der Waals surface area contributed by atoms with Gasteiger partial charge in [-0.1, -0.05) is 13.0 Å². The first-order valence-corrected chi connectivity index (χ1v) is 2.98. The molecule has 0 fully saturated rings.